The van der Waals surface area contributed by atoms with Crippen molar-refractivity contribution in [3.63, 3.8) is 0 Å². The molecule has 1 aliphatic carbocycles. The summed E-state index contributed by atoms with van der Waals surface area (Å²) in [5, 5.41) is 5.40. The van der Waals surface area contributed by atoms with Crippen molar-refractivity contribution in [1.82, 2.24) is 15.5 Å². The van der Waals surface area contributed by atoms with Crippen LogP contribution in [0.4, 0.5) is 4.79 Å². The molecule has 0 radical (unpaired) electrons. The van der Waals surface area contributed by atoms with Crippen LogP contribution in [-0.4, -0.2) is 54.0 Å². The van der Waals surface area contributed by atoms with E-state index in [1.165, 1.54) is 0 Å². The van der Waals surface area contributed by atoms with Crippen molar-refractivity contribution in [2.24, 2.45) is 11.8 Å². The molecule has 8 heteroatoms. The van der Waals surface area contributed by atoms with Gasteiger partial charge in [-0.25, -0.2) is 4.79 Å². The van der Waals surface area contributed by atoms with E-state index in [0.717, 1.165) is 24.2 Å². The summed E-state index contributed by atoms with van der Waals surface area (Å²) in [6.45, 7) is 5.44. The van der Waals surface area contributed by atoms with E-state index in [-0.39, 0.29) is 11.8 Å². The van der Waals surface area contributed by atoms with Gasteiger partial charge in [0, 0.05) is 6.54 Å². The highest BCUT2D eigenvalue weighted by Crippen LogP contribution is 2.38. The summed E-state index contributed by atoms with van der Waals surface area (Å²) in [5.41, 5.74) is -0.899. The van der Waals surface area contributed by atoms with E-state index >= 15 is 0 Å². The summed E-state index contributed by atoms with van der Waals surface area (Å²) in [6.07, 6.45) is 3.34. The molecule has 0 aromatic rings. The maximum absolute atomic E-state index is 12.7. The Bertz CT molecular complexity index is 562. The zero-order valence-corrected chi connectivity index (χ0v) is 15.1. The number of hydrogen-bond donors (Lipinski definition) is 2. The minimum atomic E-state index is -0.899. The number of ether oxygens (including phenoxy) is 1. The fourth-order valence-electron chi connectivity index (χ4n) is 3.33. The maximum atomic E-state index is 12.7. The average molecular weight is 353 g/mol. The molecule has 25 heavy (non-hydrogen) atoms. The summed E-state index contributed by atoms with van der Waals surface area (Å²) < 4.78 is 4.87. The Kier molecular flexibility index (Phi) is 6.02. The standard InChI is InChI=1S/C17H27N3O5/c1-11(2)8-18-13(21)10-25-14(22)9-20-15(23)17(19-16(20)24)7-5-4-6-12(17)3/h11-12H,4-10H2,1-3H3,(H,18,21)(H,19,24)/t12-,17+/m1/s1. The molecule has 1 saturated carbocycles. The van der Waals surface area contributed by atoms with E-state index in [9.17, 15) is 19.2 Å². The molecular weight excluding hydrogens is 326 g/mol. The Morgan fingerprint density at radius 2 is 2.08 bits per heavy atom. The molecule has 1 heterocycles. The maximum Gasteiger partial charge on any atom is 0.326 e. The Morgan fingerprint density at radius 3 is 2.72 bits per heavy atom. The number of esters is 1. The minimum Gasteiger partial charge on any atom is -0.454 e. The molecule has 0 unspecified atom stereocenters. The summed E-state index contributed by atoms with van der Waals surface area (Å²) >= 11 is 0. The number of carbonyl (C=O) groups excluding carboxylic acids is 4. The van der Waals surface area contributed by atoms with Gasteiger partial charge in [-0.2, -0.15) is 0 Å². The van der Waals surface area contributed by atoms with Crippen LogP contribution < -0.4 is 10.6 Å². The number of rotatable bonds is 6. The van der Waals surface area contributed by atoms with Crippen LogP contribution in [0.1, 0.15) is 46.5 Å². The van der Waals surface area contributed by atoms with Crippen molar-refractivity contribution in [3.8, 4) is 0 Å². The zero-order valence-electron chi connectivity index (χ0n) is 15.1. The fourth-order valence-corrected chi connectivity index (χ4v) is 3.33. The highest BCUT2D eigenvalue weighted by atomic mass is 16.5. The van der Waals surface area contributed by atoms with Gasteiger partial charge in [-0.1, -0.05) is 33.6 Å². The number of imide groups is 1. The van der Waals surface area contributed by atoms with Crippen molar-refractivity contribution < 1.29 is 23.9 Å². The van der Waals surface area contributed by atoms with Crippen molar-refractivity contribution in [3.05, 3.63) is 0 Å². The Hall–Kier alpha value is -2.12. The normalized spacial score (nSPS) is 26.1. The number of urea groups is 1. The molecule has 8 nitrogen and oxygen atoms in total. The predicted octanol–water partition coefficient (Wildman–Crippen LogP) is 0.803. The van der Waals surface area contributed by atoms with Crippen LogP contribution >= 0.6 is 0 Å². The summed E-state index contributed by atoms with van der Waals surface area (Å²) in [6, 6.07) is -0.569. The third-order valence-electron chi connectivity index (χ3n) is 4.86. The quantitative estimate of drug-likeness (QED) is 0.543. The largest absolute Gasteiger partial charge is 0.454 e. The van der Waals surface area contributed by atoms with Crippen LogP contribution in [0.2, 0.25) is 0 Å². The highest BCUT2D eigenvalue weighted by molar-refractivity contribution is 6.09. The van der Waals surface area contributed by atoms with Gasteiger partial charge in [0.05, 0.1) is 0 Å². The Morgan fingerprint density at radius 1 is 1.36 bits per heavy atom. The van der Waals surface area contributed by atoms with Crippen LogP contribution in [0.3, 0.4) is 0 Å². The average Bonchev–Trinajstić information content (AvgIpc) is 2.79. The Balaban J connectivity index is 1.87. The molecular formula is C17H27N3O5. The second-order valence-electron chi connectivity index (χ2n) is 7.30. The first-order valence-corrected chi connectivity index (χ1v) is 8.82. The van der Waals surface area contributed by atoms with Crippen molar-refractivity contribution in [1.29, 1.82) is 0 Å². The van der Waals surface area contributed by atoms with Gasteiger partial charge in [-0.15, -0.1) is 0 Å². The van der Waals surface area contributed by atoms with Gasteiger partial charge in [-0.05, 0) is 24.7 Å². The van der Waals surface area contributed by atoms with Crippen molar-refractivity contribution in [2.45, 2.75) is 52.0 Å². The third kappa shape index (κ3) is 4.29. The monoisotopic (exact) mass is 353 g/mol. The lowest BCUT2D eigenvalue weighted by Crippen LogP contribution is -2.54. The van der Waals surface area contributed by atoms with Gasteiger partial charge in [0.15, 0.2) is 6.61 Å². The predicted molar refractivity (Wildman–Crippen MR) is 89.4 cm³/mol. The fraction of sp³-hybridized carbons (Fsp3) is 0.765. The molecule has 2 N–H and O–H groups in total. The number of nitrogens with zero attached hydrogens (tertiary/aromatic N) is 1. The van der Waals surface area contributed by atoms with Crippen LogP contribution in [0, 0.1) is 11.8 Å². The molecule has 1 saturated heterocycles. The first kappa shape index (κ1) is 19.2. The SMILES string of the molecule is CC(C)CNC(=O)COC(=O)CN1C(=O)N[C@]2(CCCC[C@H]2C)C1=O. The van der Waals surface area contributed by atoms with Crippen LogP contribution in [0.15, 0.2) is 0 Å². The number of carbonyl (C=O) groups is 4. The zero-order chi connectivity index (χ0) is 18.6. The molecule has 140 valence electrons. The number of hydrogen-bond acceptors (Lipinski definition) is 5. The van der Waals surface area contributed by atoms with E-state index in [2.05, 4.69) is 10.6 Å². The second-order valence-corrected chi connectivity index (χ2v) is 7.30. The lowest BCUT2D eigenvalue weighted by molar-refractivity contribution is -0.151. The Labute approximate surface area is 147 Å². The van der Waals surface area contributed by atoms with Gasteiger partial charge in [0.25, 0.3) is 11.8 Å². The van der Waals surface area contributed by atoms with Crippen LogP contribution in [-0.2, 0) is 19.1 Å². The van der Waals surface area contributed by atoms with Gasteiger partial charge < -0.3 is 15.4 Å². The first-order valence-electron chi connectivity index (χ1n) is 8.82. The number of amides is 4. The lowest BCUT2D eigenvalue weighted by atomic mass is 9.73. The molecule has 1 spiro atoms. The molecule has 2 fully saturated rings. The summed E-state index contributed by atoms with van der Waals surface area (Å²) in [4.78, 5) is 49.2. The van der Waals surface area contributed by atoms with Gasteiger partial charge >= 0.3 is 12.0 Å². The molecule has 0 aromatic heterocycles. The van der Waals surface area contributed by atoms with Gasteiger partial charge in [0.1, 0.15) is 12.1 Å². The molecule has 2 rings (SSSR count). The highest BCUT2D eigenvalue weighted by Gasteiger charge is 2.55. The summed E-state index contributed by atoms with van der Waals surface area (Å²) in [5.74, 6) is -1.23. The van der Waals surface area contributed by atoms with E-state index in [1.807, 2.05) is 20.8 Å². The molecule has 1 aliphatic heterocycles. The second kappa shape index (κ2) is 7.84. The minimum absolute atomic E-state index is 0.0283. The van der Waals surface area contributed by atoms with E-state index < -0.39 is 36.6 Å². The van der Waals surface area contributed by atoms with Gasteiger partial charge in [0.2, 0.25) is 0 Å². The van der Waals surface area contributed by atoms with Crippen LogP contribution in [0.5, 0.6) is 0 Å². The lowest BCUT2D eigenvalue weighted by Gasteiger charge is -2.36. The third-order valence-corrected chi connectivity index (χ3v) is 4.86. The molecule has 0 aromatic carbocycles. The first-order chi connectivity index (χ1) is 11.8. The number of nitrogens with one attached hydrogen (secondary N) is 2. The van der Waals surface area contributed by atoms with E-state index in [4.69, 9.17) is 4.74 Å². The van der Waals surface area contributed by atoms with Gasteiger partial charge in [-0.3, -0.25) is 19.3 Å². The molecule has 4 amide bonds. The molecule has 2 aliphatic rings. The smallest absolute Gasteiger partial charge is 0.326 e. The molecule has 0 bridgehead atoms. The van der Waals surface area contributed by atoms with E-state index in [0.29, 0.717) is 18.9 Å². The summed E-state index contributed by atoms with van der Waals surface area (Å²) in [7, 11) is 0. The van der Waals surface area contributed by atoms with Crippen molar-refractivity contribution >= 4 is 23.8 Å². The van der Waals surface area contributed by atoms with E-state index in [1.54, 1.807) is 0 Å². The molecule has 2 atom stereocenters. The van der Waals surface area contributed by atoms with Crippen LogP contribution in [0.25, 0.3) is 0 Å². The van der Waals surface area contributed by atoms with Crippen molar-refractivity contribution in [2.75, 3.05) is 19.7 Å². The topological polar surface area (TPSA) is 105 Å².